The van der Waals surface area contributed by atoms with Gasteiger partial charge in [-0.05, 0) is 12.0 Å². The number of amides is 1. The Labute approximate surface area is 112 Å². The minimum atomic E-state index is -0.169. The fraction of sp³-hybridized carbons (Fsp3) is 0.667. The van der Waals surface area contributed by atoms with Crippen LogP contribution in [0.3, 0.4) is 0 Å². The molecule has 76 valence electrons. The topological polar surface area (TPSA) is 40.4 Å². The van der Waals surface area contributed by atoms with Gasteiger partial charge in [-0.3, -0.25) is 0 Å². The van der Waals surface area contributed by atoms with E-state index in [1.54, 1.807) is 7.11 Å². The molecule has 3 nitrogen and oxygen atoms in total. The third-order valence-corrected chi connectivity index (χ3v) is 1.81. The molecule has 1 heterocycles. The van der Waals surface area contributed by atoms with Crippen molar-refractivity contribution >= 4 is 29.0 Å². The molecule has 0 spiro atoms. The number of methoxy groups -OCH3 is 1. The molecule has 14 heavy (non-hydrogen) atoms. The van der Waals surface area contributed by atoms with Crippen LogP contribution in [0.4, 0.5) is 0 Å². The largest absolute Gasteiger partial charge is 2.00 e. The van der Waals surface area contributed by atoms with E-state index >= 15 is 0 Å². The second-order valence-corrected chi connectivity index (χ2v) is 3.36. The average molecular weight is 272 g/mol. The van der Waals surface area contributed by atoms with Gasteiger partial charge in [0.2, 0.25) is 0 Å². The van der Waals surface area contributed by atoms with E-state index in [1.807, 2.05) is 0 Å². The van der Waals surface area contributed by atoms with Crippen molar-refractivity contribution in [2.24, 2.45) is 5.92 Å². The van der Waals surface area contributed by atoms with Gasteiger partial charge >= 0.3 is 23.1 Å². The standard InChI is InChI=1S/C9H15NO2.BrH.Mg/c1-6(2)4-7-8(12-3)5-9(11)10-7;;/h5-7H,4H2,1-3H3,(H,10,11);1H;/q;;+2/p-2. The quantitative estimate of drug-likeness (QED) is 0.585. The summed E-state index contributed by atoms with van der Waals surface area (Å²) in [7, 11) is 1.58. The summed E-state index contributed by atoms with van der Waals surface area (Å²) < 4.78 is 5.04. The second kappa shape index (κ2) is 7.54. The van der Waals surface area contributed by atoms with Crippen LogP contribution in [0.5, 0.6) is 0 Å². The zero-order chi connectivity index (χ0) is 9.14. The molecule has 1 aliphatic rings. The Bertz CT molecular complexity index is 219. The Hall–Kier alpha value is 0.256. The first kappa shape index (κ1) is 16.7. The molecule has 0 saturated carbocycles. The molecule has 0 radical (unpaired) electrons. The minimum absolute atomic E-state index is 0. The van der Waals surface area contributed by atoms with Gasteiger partial charge in [0, 0.05) is 0 Å². The van der Waals surface area contributed by atoms with Gasteiger partial charge in [0.25, 0.3) is 0 Å². The Balaban J connectivity index is 0. The van der Waals surface area contributed by atoms with Crippen LogP contribution in [0, 0.1) is 5.92 Å². The molecule has 5 heteroatoms. The summed E-state index contributed by atoms with van der Waals surface area (Å²) in [5.41, 5.74) is 0. The molecule has 0 N–H and O–H groups in total. The molecule has 0 bridgehead atoms. The molecule has 1 aliphatic heterocycles. The molecular weight excluding hydrogens is 258 g/mol. The predicted octanol–water partition coefficient (Wildman–Crippen LogP) is -1.53. The van der Waals surface area contributed by atoms with Gasteiger partial charge in [-0.25, -0.2) is 0 Å². The van der Waals surface area contributed by atoms with Crippen LogP contribution in [0.2, 0.25) is 0 Å². The first-order valence-corrected chi connectivity index (χ1v) is 4.14. The SMILES string of the molecule is COC1=CC(=O)[N-]C1CC(C)C.[Br-].[Mg+2]. The summed E-state index contributed by atoms with van der Waals surface area (Å²) in [5, 5.41) is 3.92. The van der Waals surface area contributed by atoms with E-state index in [2.05, 4.69) is 19.2 Å². The van der Waals surface area contributed by atoms with Gasteiger partial charge in [-0.15, -0.1) is 0 Å². The summed E-state index contributed by atoms with van der Waals surface area (Å²) in [6.45, 7) is 4.21. The molecule has 0 saturated heterocycles. The molecule has 0 aromatic rings. The van der Waals surface area contributed by atoms with Crippen LogP contribution >= 0.6 is 0 Å². The van der Waals surface area contributed by atoms with Gasteiger partial charge in [-0.2, -0.15) is 0 Å². The van der Waals surface area contributed by atoms with Crippen molar-refractivity contribution in [3.63, 3.8) is 0 Å². The Morgan fingerprint density at radius 2 is 2.14 bits per heavy atom. The van der Waals surface area contributed by atoms with E-state index in [9.17, 15) is 4.79 Å². The predicted molar refractivity (Wildman–Crippen MR) is 52.5 cm³/mol. The summed E-state index contributed by atoms with van der Waals surface area (Å²) in [6, 6.07) is -0.0394. The average Bonchev–Trinajstić information content (AvgIpc) is 2.29. The zero-order valence-electron chi connectivity index (χ0n) is 8.79. The maximum Gasteiger partial charge on any atom is 2.00 e. The van der Waals surface area contributed by atoms with Crippen molar-refractivity contribution in [1.82, 2.24) is 0 Å². The van der Waals surface area contributed by atoms with Gasteiger partial charge in [0.05, 0.1) is 18.8 Å². The van der Waals surface area contributed by atoms with Crippen LogP contribution in [-0.4, -0.2) is 42.1 Å². The van der Waals surface area contributed by atoms with Gasteiger partial charge in [0.1, 0.15) is 0 Å². The normalized spacial score (nSPS) is 19.3. The third kappa shape index (κ3) is 4.66. The number of nitrogens with zero attached hydrogens (tertiary/aromatic N) is 1. The van der Waals surface area contributed by atoms with E-state index in [0.717, 1.165) is 6.42 Å². The first-order valence-electron chi connectivity index (χ1n) is 4.14. The van der Waals surface area contributed by atoms with Gasteiger partial charge in [0.15, 0.2) is 0 Å². The first-order chi connectivity index (χ1) is 5.63. The minimum Gasteiger partial charge on any atom is -1.00 e. The summed E-state index contributed by atoms with van der Waals surface area (Å²) in [6.07, 6.45) is 2.35. The number of carbonyl (C=O) groups is 1. The number of ether oxygens (including phenoxy) is 1. The Morgan fingerprint density at radius 1 is 1.57 bits per heavy atom. The van der Waals surface area contributed by atoms with Crippen molar-refractivity contribution in [2.45, 2.75) is 26.3 Å². The van der Waals surface area contributed by atoms with E-state index in [1.165, 1.54) is 6.08 Å². The number of hydrogen-bond donors (Lipinski definition) is 0. The van der Waals surface area contributed by atoms with Crippen LogP contribution in [0.1, 0.15) is 20.3 Å². The van der Waals surface area contributed by atoms with Crippen molar-refractivity contribution < 1.29 is 26.5 Å². The monoisotopic (exact) mass is 271 g/mol. The summed E-state index contributed by atoms with van der Waals surface area (Å²) in [5.74, 6) is 1.06. The molecule has 0 fully saturated rings. The van der Waals surface area contributed by atoms with Crippen molar-refractivity contribution in [3.8, 4) is 0 Å². The maximum absolute atomic E-state index is 10.9. The summed E-state index contributed by atoms with van der Waals surface area (Å²) in [4.78, 5) is 10.9. The van der Waals surface area contributed by atoms with Gasteiger partial charge < -0.3 is 31.8 Å². The van der Waals surface area contributed by atoms with Crippen LogP contribution in [0.15, 0.2) is 11.8 Å². The fourth-order valence-corrected chi connectivity index (χ4v) is 1.28. The van der Waals surface area contributed by atoms with E-state index in [4.69, 9.17) is 4.74 Å². The molecule has 1 atom stereocenters. The van der Waals surface area contributed by atoms with Crippen molar-refractivity contribution in [1.29, 1.82) is 0 Å². The summed E-state index contributed by atoms with van der Waals surface area (Å²) >= 11 is 0. The zero-order valence-corrected chi connectivity index (χ0v) is 11.8. The molecule has 1 amide bonds. The van der Waals surface area contributed by atoms with Crippen molar-refractivity contribution in [3.05, 3.63) is 17.2 Å². The number of halogens is 1. The molecule has 1 unspecified atom stereocenters. The Kier molecular flexibility index (Phi) is 8.98. The molecule has 0 aromatic carbocycles. The second-order valence-electron chi connectivity index (χ2n) is 3.36. The fourth-order valence-electron chi connectivity index (χ4n) is 1.28. The van der Waals surface area contributed by atoms with E-state index in [-0.39, 0.29) is 52.0 Å². The number of hydrogen-bond acceptors (Lipinski definition) is 2. The molecule has 0 aromatic heterocycles. The van der Waals surface area contributed by atoms with Crippen molar-refractivity contribution in [2.75, 3.05) is 7.11 Å². The smallest absolute Gasteiger partial charge is 1.00 e. The molecular formula is C9H14BrMgNO2. The van der Waals surface area contributed by atoms with E-state index in [0.29, 0.717) is 11.7 Å². The number of carbonyl (C=O) groups excluding carboxylic acids is 1. The molecule has 0 aliphatic carbocycles. The van der Waals surface area contributed by atoms with Crippen LogP contribution in [-0.2, 0) is 9.53 Å². The van der Waals surface area contributed by atoms with Crippen LogP contribution < -0.4 is 17.0 Å². The van der Waals surface area contributed by atoms with Gasteiger partial charge in [-0.1, -0.05) is 26.3 Å². The molecule has 1 rings (SSSR count). The van der Waals surface area contributed by atoms with Crippen LogP contribution in [0.25, 0.3) is 5.32 Å². The number of rotatable bonds is 3. The third-order valence-electron chi connectivity index (χ3n) is 1.81. The Morgan fingerprint density at radius 3 is 2.57 bits per heavy atom. The maximum atomic E-state index is 10.9. The van der Waals surface area contributed by atoms with E-state index < -0.39 is 0 Å².